The van der Waals surface area contributed by atoms with Gasteiger partial charge in [0.05, 0.1) is 18.1 Å². The van der Waals surface area contributed by atoms with Crippen molar-refractivity contribution in [1.82, 2.24) is 24.8 Å². The first-order chi connectivity index (χ1) is 26.4. The highest BCUT2D eigenvalue weighted by Gasteiger charge is 2.39. The molecule has 0 unspecified atom stereocenters. The number of para-hydroxylation sites is 1. The minimum atomic E-state index is -5.08. The van der Waals surface area contributed by atoms with Crippen LogP contribution >= 0.6 is 11.6 Å². The number of nitrogens with one attached hydrogen (secondary N) is 3. The van der Waals surface area contributed by atoms with E-state index < -0.39 is 24.3 Å². The zero-order chi connectivity index (χ0) is 41.0. The number of fused-ring (bicyclic) bond motifs is 6. The van der Waals surface area contributed by atoms with Gasteiger partial charge in [-0.15, -0.1) is 0 Å². The maximum Gasteiger partial charge on any atom is 0.490 e. The lowest BCUT2D eigenvalue weighted by atomic mass is 10.0. The van der Waals surface area contributed by atoms with Crippen molar-refractivity contribution < 1.29 is 60.5 Å². The van der Waals surface area contributed by atoms with Crippen molar-refractivity contribution in [3.63, 3.8) is 0 Å². The van der Waals surface area contributed by atoms with Gasteiger partial charge in [0.25, 0.3) is 5.91 Å². The van der Waals surface area contributed by atoms with Crippen LogP contribution in [0.5, 0.6) is 5.75 Å². The molecule has 1 fully saturated rings. The fourth-order valence-corrected chi connectivity index (χ4v) is 5.00. The Morgan fingerprint density at radius 1 is 0.804 bits per heavy atom. The number of benzene rings is 2. The molecule has 22 heteroatoms. The molecule has 6 rings (SSSR count). The molecule has 5 N–H and O–H groups in total. The molecular formula is C34H31ClF6N8O7. The number of alkyl halides is 6. The van der Waals surface area contributed by atoms with Gasteiger partial charge in [0.1, 0.15) is 10.8 Å². The van der Waals surface area contributed by atoms with Crippen LogP contribution in [-0.2, 0) is 27.2 Å². The van der Waals surface area contributed by atoms with Crippen molar-refractivity contribution in [2.45, 2.75) is 25.2 Å². The van der Waals surface area contributed by atoms with Crippen LogP contribution in [0.3, 0.4) is 0 Å². The molecule has 0 aliphatic carbocycles. The number of amides is 3. The van der Waals surface area contributed by atoms with Gasteiger partial charge in [0.15, 0.2) is 12.4 Å². The predicted molar refractivity (Wildman–Crippen MR) is 188 cm³/mol. The maximum atomic E-state index is 13.0. The van der Waals surface area contributed by atoms with Gasteiger partial charge >= 0.3 is 30.3 Å². The molecule has 1 saturated heterocycles. The maximum absolute atomic E-state index is 13.0. The summed E-state index contributed by atoms with van der Waals surface area (Å²) in [6.07, 6.45) is -3.72. The van der Waals surface area contributed by atoms with E-state index in [1.54, 1.807) is 16.0 Å². The van der Waals surface area contributed by atoms with Crippen molar-refractivity contribution in [3.05, 3.63) is 89.3 Å². The van der Waals surface area contributed by atoms with E-state index in [-0.39, 0.29) is 18.5 Å². The number of hydrogen-bond acceptors (Lipinski definition) is 10. The molecule has 56 heavy (non-hydrogen) atoms. The number of ether oxygens (including phenoxy) is 1. The van der Waals surface area contributed by atoms with Crippen molar-refractivity contribution in [2.24, 2.45) is 0 Å². The highest BCUT2D eigenvalue weighted by Crippen LogP contribution is 2.30. The summed E-state index contributed by atoms with van der Waals surface area (Å²) < 4.78 is 69.5. The van der Waals surface area contributed by atoms with Crippen LogP contribution in [0.15, 0.2) is 73.2 Å². The molecular weight excluding hydrogens is 782 g/mol. The Bertz CT molecular complexity index is 1990. The average Bonchev–Trinajstić information content (AvgIpc) is 3.15. The Kier molecular flexibility index (Phi) is 14.2. The number of carboxylic acid groups (broad SMARTS) is 2. The summed E-state index contributed by atoms with van der Waals surface area (Å²) in [5, 5.41) is 24.0. The molecule has 2 aliphatic heterocycles. The van der Waals surface area contributed by atoms with E-state index in [1.165, 1.54) is 6.20 Å². The number of aliphatic carboxylic acids is 2. The Hall–Kier alpha value is -6.38. The van der Waals surface area contributed by atoms with Crippen LogP contribution < -0.4 is 20.7 Å². The van der Waals surface area contributed by atoms with Crippen LogP contribution in [0.25, 0.3) is 0 Å². The Morgan fingerprint density at radius 3 is 2.05 bits per heavy atom. The van der Waals surface area contributed by atoms with Gasteiger partial charge in [-0.05, 0) is 60.4 Å². The van der Waals surface area contributed by atoms with E-state index in [4.69, 9.17) is 36.1 Å². The van der Waals surface area contributed by atoms with Gasteiger partial charge in [0.2, 0.25) is 5.95 Å². The third-order valence-electron chi connectivity index (χ3n) is 7.58. The Labute approximate surface area is 318 Å². The summed E-state index contributed by atoms with van der Waals surface area (Å²) in [6, 6.07) is 16.8. The molecule has 0 atom stereocenters. The van der Waals surface area contributed by atoms with Gasteiger partial charge < -0.3 is 40.7 Å². The fraction of sp³-hybridized carbons (Fsp3) is 0.265. The van der Waals surface area contributed by atoms with E-state index in [0.29, 0.717) is 61.6 Å². The van der Waals surface area contributed by atoms with Gasteiger partial charge in [-0.25, -0.2) is 19.4 Å². The average molecular weight is 813 g/mol. The highest BCUT2D eigenvalue weighted by atomic mass is 35.5. The number of anilines is 5. The number of carboxylic acids is 2. The van der Waals surface area contributed by atoms with Gasteiger partial charge in [0, 0.05) is 43.8 Å². The number of halogens is 7. The van der Waals surface area contributed by atoms with E-state index in [9.17, 15) is 35.9 Å². The first-order valence-corrected chi connectivity index (χ1v) is 16.5. The summed E-state index contributed by atoms with van der Waals surface area (Å²) in [4.78, 5) is 60.0. The molecule has 2 aromatic carbocycles. The van der Waals surface area contributed by atoms with Gasteiger partial charge in [-0.1, -0.05) is 29.8 Å². The van der Waals surface area contributed by atoms with Crippen molar-refractivity contribution in [1.29, 1.82) is 0 Å². The van der Waals surface area contributed by atoms with Gasteiger partial charge in [-0.3, -0.25) is 9.78 Å². The number of urea groups is 1. The van der Waals surface area contributed by atoms with Crippen molar-refractivity contribution in [2.75, 3.05) is 48.7 Å². The fourth-order valence-electron chi connectivity index (χ4n) is 4.86. The summed E-state index contributed by atoms with van der Waals surface area (Å²) in [5.41, 5.74) is 4.25. The number of aryl methyl sites for hydroxylation is 2. The van der Waals surface area contributed by atoms with E-state index >= 15 is 0 Å². The topological polar surface area (TPSA) is 199 Å². The number of carbonyl (C=O) groups excluding carboxylic acids is 2. The second kappa shape index (κ2) is 18.8. The van der Waals surface area contributed by atoms with Crippen LogP contribution in [-0.4, -0.2) is 104 Å². The number of carbonyl (C=O) groups is 4. The quantitative estimate of drug-likeness (QED) is 0.148. The lowest BCUT2D eigenvalue weighted by Gasteiger charge is -2.34. The summed E-state index contributed by atoms with van der Waals surface area (Å²) in [6.45, 7) is 1.69. The lowest BCUT2D eigenvalue weighted by Crippen LogP contribution is -2.52. The zero-order valence-electron chi connectivity index (χ0n) is 28.7. The number of hydrogen-bond donors (Lipinski definition) is 5. The molecule has 0 saturated carbocycles. The summed E-state index contributed by atoms with van der Waals surface area (Å²) in [5.74, 6) is -4.15. The molecule has 298 valence electrons. The van der Waals surface area contributed by atoms with Crippen LogP contribution in [0.4, 0.5) is 60.0 Å². The second-order valence-corrected chi connectivity index (χ2v) is 12.0. The molecule has 2 aliphatic rings. The largest absolute Gasteiger partial charge is 0.490 e. The minimum absolute atomic E-state index is 0.0992. The highest BCUT2D eigenvalue weighted by molar-refractivity contribution is 6.32. The number of aromatic nitrogens is 3. The summed E-state index contributed by atoms with van der Waals surface area (Å²) >= 11 is 6.37. The lowest BCUT2D eigenvalue weighted by molar-refractivity contribution is -0.193. The monoisotopic (exact) mass is 812 g/mol. The van der Waals surface area contributed by atoms with E-state index in [0.717, 1.165) is 28.2 Å². The minimum Gasteiger partial charge on any atom is -0.483 e. The molecule has 15 nitrogen and oxygen atoms in total. The third kappa shape index (κ3) is 12.9. The molecule has 2 aromatic heterocycles. The van der Waals surface area contributed by atoms with Crippen LogP contribution in [0.2, 0.25) is 5.02 Å². The molecule has 0 spiro atoms. The first-order valence-electron chi connectivity index (χ1n) is 16.1. The van der Waals surface area contributed by atoms with Crippen LogP contribution in [0.1, 0.15) is 11.1 Å². The first kappa shape index (κ1) is 42.4. The molecule has 6 bridgehead atoms. The molecule has 4 aromatic rings. The summed E-state index contributed by atoms with van der Waals surface area (Å²) in [7, 11) is 0. The normalized spacial score (nSPS) is 13.6. The van der Waals surface area contributed by atoms with Gasteiger partial charge in [-0.2, -0.15) is 31.3 Å². The second-order valence-electron chi connectivity index (χ2n) is 11.6. The predicted octanol–water partition coefficient (Wildman–Crippen LogP) is 6.13. The SMILES string of the molecule is O=C(COc1ccc2cc1CCc1cncc(c1)Nc1ncc(Cl)c(n1)N2)N1CCN(C(=O)Nc2ccccc2)CC1.O=C(O)C(F)(F)F.O=C(O)C(F)(F)F. The van der Waals surface area contributed by atoms with Crippen molar-refractivity contribution in [3.8, 4) is 5.75 Å². The Morgan fingerprint density at radius 2 is 1.43 bits per heavy atom. The molecule has 4 heterocycles. The smallest absolute Gasteiger partial charge is 0.483 e. The van der Waals surface area contributed by atoms with E-state index in [2.05, 4.69) is 30.9 Å². The number of piperazine rings is 1. The van der Waals surface area contributed by atoms with Crippen LogP contribution in [0, 0.1) is 0 Å². The third-order valence-corrected chi connectivity index (χ3v) is 7.86. The van der Waals surface area contributed by atoms with E-state index in [1.807, 2.05) is 60.8 Å². The van der Waals surface area contributed by atoms with Crippen molar-refractivity contribution >= 4 is 64.3 Å². The number of pyridine rings is 1. The Balaban J connectivity index is 0.000000425. The number of rotatable bonds is 4. The molecule has 3 amide bonds. The molecule has 0 radical (unpaired) electrons. The number of nitrogens with zero attached hydrogens (tertiary/aromatic N) is 5. The zero-order valence-corrected chi connectivity index (χ0v) is 29.5. The standard InChI is InChI=1S/C30H29ClN8O3.2C2HF3O2/c31-25-18-33-29-35-24-14-20(16-32-17-24)6-7-21-15-23(34-28(25)37-29)8-9-26(21)42-19-27(40)38-10-12-39(13-11-38)30(41)36-22-4-2-1-3-5-22;2*3-2(4,5)1(6)7/h1-5,8-9,14-18H,6-7,10-13,19H2,(H,36,41)(H2,33,34,35,37);2*(H,6,7).